The number of hydrogen-bond donors (Lipinski definition) is 2. The monoisotopic (exact) mass is 376 g/mol. The van der Waals surface area contributed by atoms with Gasteiger partial charge in [0, 0.05) is 49.3 Å². The number of carbonyl (C=O) groups is 1. The van der Waals surface area contributed by atoms with Gasteiger partial charge in [-0.3, -0.25) is 9.79 Å². The first-order valence-electron chi connectivity index (χ1n) is 9.54. The van der Waals surface area contributed by atoms with Crippen molar-refractivity contribution in [2.45, 2.75) is 51.4 Å². The number of aliphatic imine (C=N–C) groups is 1. The maximum absolute atomic E-state index is 12.1. The quantitative estimate of drug-likeness (QED) is 0.592. The summed E-state index contributed by atoms with van der Waals surface area (Å²) in [4.78, 5) is 18.9. The minimum atomic E-state index is -0.00825. The number of benzene rings is 1. The lowest BCUT2D eigenvalue weighted by molar-refractivity contribution is 0.0939. The average molecular weight is 377 g/mol. The van der Waals surface area contributed by atoms with Crippen LogP contribution in [-0.4, -0.2) is 53.9 Å². The highest BCUT2D eigenvalue weighted by Gasteiger charge is 2.21. The number of guanidine groups is 1. The molecule has 144 valence electrons. The number of rotatable bonds is 6. The lowest BCUT2D eigenvalue weighted by atomic mass is 10.1. The number of nitrogens with one attached hydrogen (secondary N) is 2. The van der Waals surface area contributed by atoms with E-state index in [9.17, 15) is 4.79 Å². The highest BCUT2D eigenvalue weighted by atomic mass is 32.2. The molecule has 1 aromatic carbocycles. The van der Waals surface area contributed by atoms with E-state index < -0.39 is 0 Å². The first-order chi connectivity index (χ1) is 12.6. The molecule has 1 aliphatic rings. The molecular weight excluding hydrogens is 344 g/mol. The smallest absolute Gasteiger partial charge is 0.251 e. The Morgan fingerprint density at radius 1 is 1.35 bits per heavy atom. The number of thioether (sulfide) groups is 1. The fourth-order valence-electron chi connectivity index (χ4n) is 2.86. The molecule has 2 atom stereocenters. The molecule has 6 heteroatoms. The van der Waals surface area contributed by atoms with Crippen LogP contribution >= 0.6 is 11.8 Å². The van der Waals surface area contributed by atoms with Gasteiger partial charge < -0.3 is 15.5 Å². The zero-order valence-electron chi connectivity index (χ0n) is 16.4. The molecule has 2 unspecified atom stereocenters. The van der Waals surface area contributed by atoms with Crippen molar-refractivity contribution in [3.63, 3.8) is 0 Å². The van der Waals surface area contributed by atoms with E-state index in [2.05, 4.69) is 46.1 Å². The molecule has 1 saturated heterocycles. The molecule has 26 heavy (non-hydrogen) atoms. The van der Waals surface area contributed by atoms with Crippen LogP contribution in [0, 0.1) is 0 Å². The molecule has 0 bridgehead atoms. The number of nitrogens with zero attached hydrogens (tertiary/aromatic N) is 2. The van der Waals surface area contributed by atoms with E-state index in [-0.39, 0.29) is 11.9 Å². The van der Waals surface area contributed by atoms with Crippen LogP contribution in [0.2, 0.25) is 0 Å². The summed E-state index contributed by atoms with van der Waals surface area (Å²) >= 11 is 2.06. The van der Waals surface area contributed by atoms with Gasteiger partial charge in [-0.1, -0.05) is 26.0 Å². The third kappa shape index (κ3) is 5.94. The predicted octanol–water partition coefficient (Wildman–Crippen LogP) is 3.12. The van der Waals surface area contributed by atoms with Crippen LogP contribution in [0.25, 0.3) is 0 Å². The normalized spacial score (nSPS) is 19.2. The Kier molecular flexibility index (Phi) is 8.29. The van der Waals surface area contributed by atoms with Gasteiger partial charge in [-0.25, -0.2) is 0 Å². The Hall–Kier alpha value is -1.69. The second kappa shape index (κ2) is 10.5. The van der Waals surface area contributed by atoms with E-state index in [1.165, 1.54) is 6.42 Å². The minimum Gasteiger partial charge on any atom is -0.352 e. The standard InChI is InChI=1S/C20H32N4OS/c1-5-15(3)23-19(25)17-9-7-16(8-10-17)13-22-20(21-4)24-11-12-26-18(6-2)14-24/h7-10,15,18H,5-6,11-14H2,1-4H3,(H,21,22)(H,23,25). The van der Waals surface area contributed by atoms with E-state index in [1.807, 2.05) is 38.2 Å². The van der Waals surface area contributed by atoms with E-state index in [0.29, 0.717) is 17.4 Å². The zero-order chi connectivity index (χ0) is 18.9. The Labute approximate surface area is 162 Å². The molecule has 2 rings (SSSR count). The number of hydrogen-bond acceptors (Lipinski definition) is 3. The van der Waals surface area contributed by atoms with E-state index in [4.69, 9.17) is 0 Å². The van der Waals surface area contributed by atoms with Gasteiger partial charge in [0.2, 0.25) is 0 Å². The second-order valence-electron chi connectivity index (χ2n) is 6.73. The first kappa shape index (κ1) is 20.6. The van der Waals surface area contributed by atoms with Crippen LogP contribution in [0.15, 0.2) is 29.3 Å². The van der Waals surface area contributed by atoms with Crippen LogP contribution in [0.3, 0.4) is 0 Å². The van der Waals surface area contributed by atoms with Gasteiger partial charge in [-0.15, -0.1) is 0 Å². The second-order valence-corrected chi connectivity index (χ2v) is 8.14. The van der Waals surface area contributed by atoms with E-state index in [0.717, 1.165) is 36.8 Å². The lowest BCUT2D eigenvalue weighted by Crippen LogP contribution is -2.47. The van der Waals surface area contributed by atoms with Crippen molar-refractivity contribution in [1.82, 2.24) is 15.5 Å². The van der Waals surface area contributed by atoms with Gasteiger partial charge in [-0.05, 0) is 37.5 Å². The van der Waals surface area contributed by atoms with Crippen molar-refractivity contribution in [1.29, 1.82) is 0 Å². The zero-order valence-corrected chi connectivity index (χ0v) is 17.2. The summed E-state index contributed by atoms with van der Waals surface area (Å²) in [5.74, 6) is 2.10. The number of carbonyl (C=O) groups excluding carboxylic acids is 1. The van der Waals surface area contributed by atoms with E-state index >= 15 is 0 Å². The fourth-order valence-corrected chi connectivity index (χ4v) is 4.04. The van der Waals surface area contributed by atoms with E-state index in [1.54, 1.807) is 0 Å². The third-order valence-electron chi connectivity index (χ3n) is 4.76. The van der Waals surface area contributed by atoms with Gasteiger partial charge in [0.25, 0.3) is 5.91 Å². The number of amides is 1. The Morgan fingerprint density at radius 2 is 2.08 bits per heavy atom. The van der Waals surface area contributed by atoms with Gasteiger partial charge in [0.15, 0.2) is 5.96 Å². The van der Waals surface area contributed by atoms with Crippen molar-refractivity contribution < 1.29 is 4.79 Å². The van der Waals surface area contributed by atoms with Crippen LogP contribution in [0.5, 0.6) is 0 Å². The maximum atomic E-state index is 12.1. The summed E-state index contributed by atoms with van der Waals surface area (Å²) in [7, 11) is 1.84. The van der Waals surface area contributed by atoms with Gasteiger partial charge in [0.05, 0.1) is 0 Å². The molecule has 1 aromatic rings. The van der Waals surface area contributed by atoms with Crippen molar-refractivity contribution in [2.75, 3.05) is 25.9 Å². The Morgan fingerprint density at radius 3 is 2.69 bits per heavy atom. The largest absolute Gasteiger partial charge is 0.352 e. The molecule has 5 nitrogen and oxygen atoms in total. The highest BCUT2D eigenvalue weighted by molar-refractivity contribution is 8.00. The van der Waals surface area contributed by atoms with Crippen molar-refractivity contribution in [3.05, 3.63) is 35.4 Å². The molecule has 1 heterocycles. The summed E-state index contributed by atoms with van der Waals surface area (Å²) in [6, 6.07) is 7.99. The SMILES string of the molecule is CCC(C)NC(=O)c1ccc(CNC(=NC)N2CCSC(CC)C2)cc1. The maximum Gasteiger partial charge on any atom is 0.251 e. The Balaban J connectivity index is 1.89. The summed E-state index contributed by atoms with van der Waals surface area (Å²) < 4.78 is 0. The van der Waals surface area contributed by atoms with Gasteiger partial charge in [-0.2, -0.15) is 11.8 Å². The third-order valence-corrected chi connectivity index (χ3v) is 6.13. The predicted molar refractivity (Wildman–Crippen MR) is 112 cm³/mol. The van der Waals surface area contributed by atoms with Crippen LogP contribution in [0.1, 0.15) is 49.5 Å². The highest BCUT2D eigenvalue weighted by Crippen LogP contribution is 2.21. The van der Waals surface area contributed by atoms with Crippen molar-refractivity contribution >= 4 is 23.6 Å². The molecule has 0 aliphatic carbocycles. The van der Waals surface area contributed by atoms with Crippen molar-refractivity contribution in [3.8, 4) is 0 Å². The van der Waals surface area contributed by atoms with Crippen molar-refractivity contribution in [2.24, 2.45) is 4.99 Å². The molecule has 1 fully saturated rings. The first-order valence-corrected chi connectivity index (χ1v) is 10.6. The fraction of sp³-hybridized carbons (Fsp3) is 0.600. The van der Waals surface area contributed by atoms with Crippen LogP contribution < -0.4 is 10.6 Å². The molecule has 2 N–H and O–H groups in total. The Bertz CT molecular complexity index is 602. The molecule has 0 radical (unpaired) electrons. The lowest BCUT2D eigenvalue weighted by Gasteiger charge is -2.34. The molecular formula is C20H32N4OS. The average Bonchev–Trinajstić information content (AvgIpc) is 2.68. The molecule has 1 aliphatic heterocycles. The summed E-state index contributed by atoms with van der Waals surface area (Å²) in [6.07, 6.45) is 2.12. The van der Waals surface area contributed by atoms with Crippen LogP contribution in [0.4, 0.5) is 0 Å². The molecule has 0 saturated carbocycles. The topological polar surface area (TPSA) is 56.7 Å². The minimum absolute atomic E-state index is 0.00825. The summed E-state index contributed by atoms with van der Waals surface area (Å²) in [5, 5.41) is 7.14. The van der Waals surface area contributed by atoms with Crippen LogP contribution in [-0.2, 0) is 6.54 Å². The van der Waals surface area contributed by atoms with Gasteiger partial charge in [0.1, 0.15) is 0 Å². The summed E-state index contributed by atoms with van der Waals surface area (Å²) in [5.41, 5.74) is 1.85. The molecule has 0 spiro atoms. The molecule has 1 amide bonds. The molecule has 0 aromatic heterocycles. The van der Waals surface area contributed by atoms with Gasteiger partial charge >= 0.3 is 0 Å². The summed E-state index contributed by atoms with van der Waals surface area (Å²) in [6.45, 7) is 9.13.